The Morgan fingerprint density at radius 1 is 1.43 bits per heavy atom. The van der Waals surface area contributed by atoms with Crippen molar-refractivity contribution in [2.24, 2.45) is 0 Å². The van der Waals surface area contributed by atoms with Gasteiger partial charge in [0.05, 0.1) is 6.61 Å². The molecule has 0 fully saturated rings. The van der Waals surface area contributed by atoms with Gasteiger partial charge in [-0.2, -0.15) is 0 Å². The van der Waals surface area contributed by atoms with Crippen molar-refractivity contribution in [3.63, 3.8) is 0 Å². The van der Waals surface area contributed by atoms with Crippen LogP contribution in [0.25, 0.3) is 0 Å². The summed E-state index contributed by atoms with van der Waals surface area (Å²) in [6, 6.07) is 0. The standard InChI is InChI=1S/C8H15BrNO3.K/c1-2-13-8(11)10(12)7-5-3-4-6-9;/h2-7H2,1H3;/q-1;+1. The molecule has 0 aromatic carbocycles. The average molecular weight is 292 g/mol. The van der Waals surface area contributed by atoms with E-state index in [4.69, 9.17) is 0 Å². The molecule has 0 heterocycles. The van der Waals surface area contributed by atoms with Crippen LogP contribution in [0.4, 0.5) is 4.79 Å². The molecule has 0 saturated heterocycles. The fourth-order valence-electron chi connectivity index (χ4n) is 0.813. The molecule has 0 radical (unpaired) electrons. The second-order valence-electron chi connectivity index (χ2n) is 2.55. The van der Waals surface area contributed by atoms with E-state index in [1.807, 2.05) is 0 Å². The fourth-order valence-corrected chi connectivity index (χ4v) is 1.21. The van der Waals surface area contributed by atoms with Gasteiger partial charge in [0.1, 0.15) is 0 Å². The zero-order valence-corrected chi connectivity index (χ0v) is 13.5. The van der Waals surface area contributed by atoms with Crippen LogP contribution in [0.3, 0.4) is 0 Å². The Hall–Kier alpha value is 1.35. The van der Waals surface area contributed by atoms with Crippen molar-refractivity contribution in [2.45, 2.75) is 26.2 Å². The van der Waals surface area contributed by atoms with Crippen LogP contribution in [0, 0.1) is 5.21 Å². The SMILES string of the molecule is CCOC(=O)N([O-])CCCCCBr.[K+]. The van der Waals surface area contributed by atoms with Gasteiger partial charge in [0.15, 0.2) is 0 Å². The number of carbonyl (C=O) groups excluding carboxylic acids is 1. The smallest absolute Gasteiger partial charge is 0.754 e. The molecule has 4 nitrogen and oxygen atoms in total. The van der Waals surface area contributed by atoms with Crippen LogP contribution in [-0.2, 0) is 4.74 Å². The molecule has 0 spiro atoms. The largest absolute Gasteiger partial charge is 1.00 e. The molecule has 0 unspecified atom stereocenters. The molecule has 0 rings (SSSR count). The number of unbranched alkanes of at least 4 members (excludes halogenated alkanes) is 2. The first-order valence-electron chi connectivity index (χ1n) is 4.39. The summed E-state index contributed by atoms with van der Waals surface area (Å²) < 4.78 is 4.53. The Kier molecular flexibility index (Phi) is 15.7. The average Bonchev–Trinajstić information content (AvgIpc) is 2.12. The molecular weight excluding hydrogens is 277 g/mol. The molecule has 0 N–H and O–H groups in total. The molecule has 0 aliphatic carbocycles. The van der Waals surface area contributed by atoms with Crippen LogP contribution < -0.4 is 51.4 Å². The number of amides is 1. The van der Waals surface area contributed by atoms with E-state index in [0.717, 1.165) is 24.6 Å². The predicted molar refractivity (Wildman–Crippen MR) is 54.7 cm³/mol. The summed E-state index contributed by atoms with van der Waals surface area (Å²) in [7, 11) is 0. The van der Waals surface area contributed by atoms with Crippen molar-refractivity contribution in [1.29, 1.82) is 0 Å². The van der Waals surface area contributed by atoms with Crippen molar-refractivity contribution >= 4 is 22.0 Å². The Labute approximate surface area is 136 Å². The van der Waals surface area contributed by atoms with Crippen LogP contribution in [0.1, 0.15) is 26.2 Å². The van der Waals surface area contributed by atoms with Crippen LogP contribution in [0.5, 0.6) is 0 Å². The molecule has 0 bridgehead atoms. The normalized spacial score (nSPS) is 9.07. The van der Waals surface area contributed by atoms with Gasteiger partial charge in [-0.25, -0.2) is 4.79 Å². The summed E-state index contributed by atoms with van der Waals surface area (Å²) in [6.45, 7) is 2.15. The topological polar surface area (TPSA) is 52.6 Å². The number of hydrogen-bond acceptors (Lipinski definition) is 3. The quantitative estimate of drug-likeness (QED) is 0.287. The molecule has 0 aromatic rings. The number of ether oxygens (including phenoxy) is 1. The Morgan fingerprint density at radius 2 is 2.07 bits per heavy atom. The molecule has 0 atom stereocenters. The molecule has 1 amide bonds. The molecule has 0 aliphatic heterocycles. The number of nitrogens with zero attached hydrogens (tertiary/aromatic N) is 1. The van der Waals surface area contributed by atoms with Crippen LogP contribution in [0.15, 0.2) is 0 Å². The van der Waals surface area contributed by atoms with Gasteiger partial charge in [0.2, 0.25) is 0 Å². The second kappa shape index (κ2) is 12.4. The first kappa shape index (κ1) is 17.7. The van der Waals surface area contributed by atoms with Crippen molar-refractivity contribution in [3.05, 3.63) is 5.21 Å². The van der Waals surface area contributed by atoms with Gasteiger partial charge in [0.25, 0.3) is 0 Å². The molecule has 14 heavy (non-hydrogen) atoms. The number of hydrogen-bond donors (Lipinski definition) is 0. The monoisotopic (exact) mass is 291 g/mol. The minimum absolute atomic E-state index is 0. The van der Waals surface area contributed by atoms with E-state index >= 15 is 0 Å². The minimum atomic E-state index is -0.777. The third kappa shape index (κ3) is 9.88. The molecular formula is C8H15BrKNO3. The molecule has 78 valence electrons. The summed E-state index contributed by atoms with van der Waals surface area (Å²) in [5.74, 6) is 0. The summed E-state index contributed by atoms with van der Waals surface area (Å²) >= 11 is 3.29. The van der Waals surface area contributed by atoms with E-state index in [1.54, 1.807) is 6.92 Å². The Balaban J connectivity index is 0. The summed E-state index contributed by atoms with van der Waals surface area (Å²) in [5, 5.41) is 12.2. The van der Waals surface area contributed by atoms with Gasteiger partial charge in [-0.3, -0.25) is 0 Å². The van der Waals surface area contributed by atoms with E-state index in [2.05, 4.69) is 20.7 Å². The van der Waals surface area contributed by atoms with Crippen LogP contribution >= 0.6 is 15.9 Å². The van der Waals surface area contributed by atoms with E-state index in [0.29, 0.717) is 5.06 Å². The van der Waals surface area contributed by atoms with Gasteiger partial charge in [-0.05, 0) is 19.8 Å². The number of alkyl halides is 1. The first-order valence-corrected chi connectivity index (χ1v) is 5.52. The van der Waals surface area contributed by atoms with E-state index in [9.17, 15) is 10.0 Å². The maximum Gasteiger partial charge on any atom is 1.00 e. The molecule has 6 heteroatoms. The second-order valence-corrected chi connectivity index (χ2v) is 3.34. The number of rotatable bonds is 6. The Morgan fingerprint density at radius 3 is 2.57 bits per heavy atom. The van der Waals surface area contributed by atoms with E-state index in [-0.39, 0.29) is 64.5 Å². The summed E-state index contributed by atoms with van der Waals surface area (Å²) in [4.78, 5) is 10.8. The zero-order valence-electron chi connectivity index (χ0n) is 8.79. The van der Waals surface area contributed by atoms with Crippen LogP contribution in [-0.4, -0.2) is 29.6 Å². The fraction of sp³-hybridized carbons (Fsp3) is 0.875. The molecule has 0 saturated carbocycles. The minimum Gasteiger partial charge on any atom is -0.754 e. The number of hydroxylamine groups is 2. The van der Waals surface area contributed by atoms with E-state index in [1.165, 1.54) is 0 Å². The third-order valence-corrected chi connectivity index (χ3v) is 2.03. The first-order chi connectivity index (χ1) is 6.22. The molecule has 0 aromatic heterocycles. The zero-order chi connectivity index (χ0) is 10.1. The number of halogens is 1. The summed E-state index contributed by atoms with van der Waals surface area (Å²) in [5.41, 5.74) is 0. The maximum absolute atomic E-state index is 10.9. The maximum atomic E-state index is 10.9. The van der Waals surface area contributed by atoms with Gasteiger partial charge < -0.3 is 15.0 Å². The van der Waals surface area contributed by atoms with Gasteiger partial charge in [-0.15, -0.1) is 0 Å². The van der Waals surface area contributed by atoms with Crippen molar-refractivity contribution in [2.75, 3.05) is 18.5 Å². The van der Waals surface area contributed by atoms with Crippen molar-refractivity contribution < 1.29 is 60.9 Å². The van der Waals surface area contributed by atoms with Gasteiger partial charge in [0, 0.05) is 11.9 Å². The Bertz CT molecular complexity index is 149. The summed E-state index contributed by atoms with van der Waals surface area (Å²) in [6.07, 6.45) is 1.93. The molecule has 0 aliphatic rings. The number of carbonyl (C=O) groups is 1. The van der Waals surface area contributed by atoms with Crippen molar-refractivity contribution in [1.82, 2.24) is 5.06 Å². The van der Waals surface area contributed by atoms with Gasteiger partial charge >= 0.3 is 57.5 Å². The van der Waals surface area contributed by atoms with Crippen molar-refractivity contribution in [3.8, 4) is 0 Å². The van der Waals surface area contributed by atoms with Gasteiger partial charge in [-0.1, -0.05) is 22.4 Å². The van der Waals surface area contributed by atoms with Crippen LogP contribution in [0.2, 0.25) is 0 Å². The predicted octanol–water partition coefficient (Wildman–Crippen LogP) is -0.488. The van der Waals surface area contributed by atoms with E-state index < -0.39 is 6.09 Å². The third-order valence-electron chi connectivity index (χ3n) is 1.47.